The van der Waals surface area contributed by atoms with Crippen LogP contribution in [0.25, 0.3) is 0 Å². The van der Waals surface area contributed by atoms with Crippen LogP contribution in [0, 0.1) is 6.92 Å². The average Bonchev–Trinajstić information content (AvgIpc) is 2.37. The monoisotopic (exact) mass is 269 g/mol. The predicted octanol–water partition coefficient (Wildman–Crippen LogP) is 0.887. The van der Waals surface area contributed by atoms with Crippen LogP contribution in [-0.2, 0) is 20.9 Å². The molecule has 0 saturated heterocycles. The summed E-state index contributed by atoms with van der Waals surface area (Å²) in [5.74, 6) is -3.65. The summed E-state index contributed by atoms with van der Waals surface area (Å²) in [6.45, 7) is 4.70. The maximum atomic E-state index is 9.10. The fourth-order valence-electron chi connectivity index (χ4n) is 1.11. The molecular weight excluding hydrogens is 250 g/mol. The molecule has 3 N–H and O–H groups in total. The van der Waals surface area contributed by atoms with Crippen molar-refractivity contribution in [3.63, 3.8) is 0 Å². The first-order valence-electron chi connectivity index (χ1n) is 5.68. The Hall–Kier alpha value is -1.92. The Bertz CT molecular complexity index is 377. The quantitative estimate of drug-likeness (QED) is 0.542. The first kappa shape index (κ1) is 17.1. The van der Waals surface area contributed by atoms with E-state index in [4.69, 9.17) is 24.5 Å². The van der Waals surface area contributed by atoms with Gasteiger partial charge in [-0.3, -0.25) is 0 Å². The third-order valence-electron chi connectivity index (χ3n) is 2.12. The van der Waals surface area contributed by atoms with Crippen LogP contribution >= 0.6 is 0 Å². The highest BCUT2D eigenvalue weighted by molar-refractivity contribution is 6.27. The lowest BCUT2D eigenvalue weighted by Crippen LogP contribution is -2.18. The van der Waals surface area contributed by atoms with E-state index >= 15 is 0 Å². The molecule has 0 bridgehead atoms. The highest BCUT2D eigenvalue weighted by Gasteiger charge is 2.04. The van der Waals surface area contributed by atoms with E-state index in [1.807, 2.05) is 0 Å². The third-order valence-corrected chi connectivity index (χ3v) is 2.12. The van der Waals surface area contributed by atoms with Crippen molar-refractivity contribution in [2.45, 2.75) is 13.5 Å². The van der Waals surface area contributed by atoms with E-state index in [2.05, 4.69) is 36.5 Å². The number of methoxy groups -OCH3 is 1. The van der Waals surface area contributed by atoms with Gasteiger partial charge < -0.3 is 20.3 Å². The standard InChI is InChI=1S/C11H17NO.C2H2O4/c1-10-3-5-11(6-4-10)9-12-7-8-13-2;3-1(4)2(5)6/h3-6,12H,7-9H2,1-2H3;(H,3,4)(H,5,6). The Kier molecular flexibility index (Phi) is 9.03. The van der Waals surface area contributed by atoms with Crippen molar-refractivity contribution >= 4 is 11.9 Å². The summed E-state index contributed by atoms with van der Waals surface area (Å²) in [4.78, 5) is 18.2. The second-order valence-corrected chi connectivity index (χ2v) is 3.77. The lowest BCUT2D eigenvalue weighted by molar-refractivity contribution is -0.159. The minimum absolute atomic E-state index is 0.770. The van der Waals surface area contributed by atoms with Gasteiger partial charge in [-0.1, -0.05) is 29.8 Å². The Morgan fingerprint density at radius 1 is 1.16 bits per heavy atom. The Labute approximate surface area is 112 Å². The highest BCUT2D eigenvalue weighted by Crippen LogP contribution is 2.01. The molecule has 1 aromatic carbocycles. The number of carboxylic acids is 2. The van der Waals surface area contributed by atoms with Gasteiger partial charge >= 0.3 is 11.9 Å². The molecule has 106 valence electrons. The zero-order valence-corrected chi connectivity index (χ0v) is 11.0. The molecule has 0 atom stereocenters. The van der Waals surface area contributed by atoms with Gasteiger partial charge in [0, 0.05) is 20.2 Å². The highest BCUT2D eigenvalue weighted by atomic mass is 16.5. The van der Waals surface area contributed by atoms with Gasteiger partial charge in [0.15, 0.2) is 0 Å². The largest absolute Gasteiger partial charge is 0.473 e. The van der Waals surface area contributed by atoms with Crippen LogP contribution in [0.5, 0.6) is 0 Å². The molecule has 0 heterocycles. The van der Waals surface area contributed by atoms with Crippen LogP contribution < -0.4 is 5.32 Å². The van der Waals surface area contributed by atoms with Crippen molar-refractivity contribution in [3.05, 3.63) is 35.4 Å². The molecule has 0 aliphatic heterocycles. The molecule has 0 radical (unpaired) electrons. The number of nitrogens with one attached hydrogen (secondary N) is 1. The van der Waals surface area contributed by atoms with Crippen molar-refractivity contribution in [3.8, 4) is 0 Å². The topological polar surface area (TPSA) is 95.9 Å². The normalized spacial score (nSPS) is 9.37. The second kappa shape index (κ2) is 10.0. The fourth-order valence-corrected chi connectivity index (χ4v) is 1.11. The fraction of sp³-hybridized carbons (Fsp3) is 0.385. The molecular formula is C13H19NO5. The van der Waals surface area contributed by atoms with Gasteiger partial charge in [0.2, 0.25) is 0 Å². The lowest BCUT2D eigenvalue weighted by atomic mass is 10.1. The molecule has 0 aliphatic carbocycles. The Morgan fingerprint density at radius 3 is 2.11 bits per heavy atom. The summed E-state index contributed by atoms with van der Waals surface area (Å²) in [6.07, 6.45) is 0. The molecule has 0 aromatic heterocycles. The van der Waals surface area contributed by atoms with E-state index < -0.39 is 11.9 Å². The molecule has 6 heteroatoms. The lowest BCUT2D eigenvalue weighted by Gasteiger charge is -2.04. The number of aliphatic carboxylic acids is 2. The van der Waals surface area contributed by atoms with Gasteiger partial charge in [-0.05, 0) is 12.5 Å². The first-order chi connectivity index (χ1) is 8.97. The number of ether oxygens (including phenoxy) is 1. The Balaban J connectivity index is 0.000000459. The van der Waals surface area contributed by atoms with Crippen molar-refractivity contribution in [2.24, 2.45) is 0 Å². The molecule has 0 amide bonds. The van der Waals surface area contributed by atoms with E-state index in [9.17, 15) is 0 Å². The van der Waals surface area contributed by atoms with Gasteiger partial charge in [0.25, 0.3) is 0 Å². The second-order valence-electron chi connectivity index (χ2n) is 3.77. The molecule has 19 heavy (non-hydrogen) atoms. The van der Waals surface area contributed by atoms with E-state index in [0.29, 0.717) is 0 Å². The molecule has 1 aromatic rings. The van der Waals surface area contributed by atoms with Crippen molar-refractivity contribution in [2.75, 3.05) is 20.3 Å². The van der Waals surface area contributed by atoms with Crippen molar-refractivity contribution < 1.29 is 24.5 Å². The van der Waals surface area contributed by atoms with E-state index in [1.54, 1.807) is 7.11 Å². The van der Waals surface area contributed by atoms with Gasteiger partial charge in [0.1, 0.15) is 0 Å². The molecule has 0 unspecified atom stereocenters. The van der Waals surface area contributed by atoms with Crippen LogP contribution in [0.15, 0.2) is 24.3 Å². The smallest absolute Gasteiger partial charge is 0.414 e. The number of benzene rings is 1. The third kappa shape index (κ3) is 9.75. The van der Waals surface area contributed by atoms with E-state index in [0.717, 1.165) is 19.7 Å². The van der Waals surface area contributed by atoms with Crippen molar-refractivity contribution in [1.29, 1.82) is 0 Å². The number of carboxylic acid groups (broad SMARTS) is 2. The number of rotatable bonds is 5. The zero-order chi connectivity index (χ0) is 14.7. The summed E-state index contributed by atoms with van der Waals surface area (Å²) < 4.78 is 4.94. The van der Waals surface area contributed by atoms with E-state index in [-0.39, 0.29) is 0 Å². The summed E-state index contributed by atoms with van der Waals surface area (Å²) in [5, 5.41) is 18.1. The Morgan fingerprint density at radius 2 is 1.68 bits per heavy atom. The van der Waals surface area contributed by atoms with Crippen LogP contribution in [0.2, 0.25) is 0 Å². The molecule has 0 saturated carbocycles. The summed E-state index contributed by atoms with van der Waals surface area (Å²) in [7, 11) is 1.72. The zero-order valence-electron chi connectivity index (χ0n) is 11.0. The van der Waals surface area contributed by atoms with Crippen LogP contribution in [0.1, 0.15) is 11.1 Å². The molecule has 6 nitrogen and oxygen atoms in total. The summed E-state index contributed by atoms with van der Waals surface area (Å²) in [6, 6.07) is 8.56. The van der Waals surface area contributed by atoms with Crippen LogP contribution in [0.4, 0.5) is 0 Å². The number of hydrogen-bond acceptors (Lipinski definition) is 4. The summed E-state index contributed by atoms with van der Waals surface area (Å²) in [5.41, 5.74) is 2.63. The van der Waals surface area contributed by atoms with Gasteiger partial charge in [-0.15, -0.1) is 0 Å². The first-order valence-corrected chi connectivity index (χ1v) is 5.68. The molecule has 1 rings (SSSR count). The molecule has 0 aliphatic rings. The maximum Gasteiger partial charge on any atom is 0.414 e. The van der Waals surface area contributed by atoms with Gasteiger partial charge in [-0.2, -0.15) is 0 Å². The molecule has 0 spiro atoms. The van der Waals surface area contributed by atoms with Gasteiger partial charge in [0.05, 0.1) is 6.61 Å². The van der Waals surface area contributed by atoms with Crippen molar-refractivity contribution in [1.82, 2.24) is 5.32 Å². The minimum Gasteiger partial charge on any atom is -0.473 e. The van der Waals surface area contributed by atoms with Crippen LogP contribution in [-0.4, -0.2) is 42.4 Å². The predicted molar refractivity (Wildman–Crippen MR) is 70.0 cm³/mol. The average molecular weight is 269 g/mol. The molecule has 0 fully saturated rings. The number of hydrogen-bond donors (Lipinski definition) is 3. The van der Waals surface area contributed by atoms with E-state index in [1.165, 1.54) is 11.1 Å². The maximum absolute atomic E-state index is 9.10. The number of carbonyl (C=O) groups is 2. The van der Waals surface area contributed by atoms with Crippen LogP contribution in [0.3, 0.4) is 0 Å². The summed E-state index contributed by atoms with van der Waals surface area (Å²) >= 11 is 0. The number of aryl methyl sites for hydroxylation is 1. The van der Waals surface area contributed by atoms with Gasteiger partial charge in [-0.25, -0.2) is 9.59 Å². The minimum atomic E-state index is -1.82. The SMILES string of the molecule is COCCNCc1ccc(C)cc1.O=C(O)C(=O)O.